The monoisotopic (exact) mass is 367 g/mol. The molecule has 2 aliphatic rings. The van der Waals surface area contributed by atoms with Gasteiger partial charge in [-0.15, -0.1) is 0 Å². The number of morpholine rings is 1. The number of hydrogen-bond acceptors (Lipinski definition) is 5. The van der Waals surface area contributed by atoms with E-state index in [9.17, 15) is 9.59 Å². The third-order valence-corrected chi connectivity index (χ3v) is 5.03. The Bertz CT molecular complexity index is 810. The lowest BCUT2D eigenvalue weighted by atomic mass is 9.95. The number of rotatable bonds is 5. The van der Waals surface area contributed by atoms with Crippen LogP contribution in [0.5, 0.6) is 0 Å². The fourth-order valence-electron chi connectivity index (χ4n) is 3.70. The molecule has 27 heavy (non-hydrogen) atoms. The van der Waals surface area contributed by atoms with E-state index >= 15 is 0 Å². The molecule has 140 valence electrons. The maximum Gasteiger partial charge on any atom is 0.337 e. The Balaban J connectivity index is 1.66. The summed E-state index contributed by atoms with van der Waals surface area (Å²) in [6.45, 7) is 0.435. The van der Waals surface area contributed by atoms with Gasteiger partial charge in [0.05, 0.1) is 13.2 Å². The van der Waals surface area contributed by atoms with E-state index in [1.165, 1.54) is 7.11 Å². The van der Waals surface area contributed by atoms with E-state index in [0.29, 0.717) is 13.0 Å². The van der Waals surface area contributed by atoms with E-state index < -0.39 is 24.5 Å². The average molecular weight is 367 g/mol. The molecule has 2 aromatic rings. The van der Waals surface area contributed by atoms with Gasteiger partial charge in [0.25, 0.3) is 5.91 Å². The Labute approximate surface area is 157 Å². The molecule has 0 aromatic heterocycles. The van der Waals surface area contributed by atoms with E-state index in [1.807, 2.05) is 60.7 Å². The van der Waals surface area contributed by atoms with Gasteiger partial charge in [0.2, 0.25) is 6.29 Å². The highest BCUT2D eigenvalue weighted by Crippen LogP contribution is 2.34. The van der Waals surface area contributed by atoms with E-state index in [4.69, 9.17) is 14.2 Å². The van der Waals surface area contributed by atoms with E-state index in [-0.39, 0.29) is 11.9 Å². The molecule has 1 amide bonds. The molecule has 0 radical (unpaired) electrons. The number of methoxy groups -OCH3 is 1. The van der Waals surface area contributed by atoms with Gasteiger partial charge in [-0.25, -0.2) is 4.79 Å². The molecule has 2 aromatic carbocycles. The quantitative estimate of drug-likeness (QED) is 0.756. The summed E-state index contributed by atoms with van der Waals surface area (Å²) >= 11 is 0. The average Bonchev–Trinajstić information content (AvgIpc) is 3.12. The number of ether oxygens (including phenoxy) is 3. The molecule has 0 N–H and O–H groups in total. The number of fused-ring (bicyclic) bond motifs is 2. The van der Waals surface area contributed by atoms with Crippen molar-refractivity contribution in [2.75, 3.05) is 7.11 Å². The second-order valence-electron chi connectivity index (χ2n) is 6.72. The van der Waals surface area contributed by atoms with Crippen molar-refractivity contribution in [2.24, 2.45) is 0 Å². The molecule has 6 heteroatoms. The highest BCUT2D eigenvalue weighted by molar-refractivity contribution is 5.84. The topological polar surface area (TPSA) is 65.1 Å². The highest BCUT2D eigenvalue weighted by Gasteiger charge is 2.55. The predicted molar refractivity (Wildman–Crippen MR) is 96.5 cm³/mol. The number of amides is 1. The van der Waals surface area contributed by atoms with Crippen LogP contribution in [0.3, 0.4) is 0 Å². The Kier molecular flexibility index (Phi) is 4.92. The minimum atomic E-state index is -1.06. The van der Waals surface area contributed by atoms with Crippen molar-refractivity contribution in [1.29, 1.82) is 0 Å². The Hall–Kier alpha value is -2.70. The van der Waals surface area contributed by atoms with Crippen molar-refractivity contribution >= 4 is 11.9 Å². The Morgan fingerprint density at radius 1 is 1.00 bits per heavy atom. The predicted octanol–water partition coefficient (Wildman–Crippen LogP) is 1.92. The van der Waals surface area contributed by atoms with E-state index in [0.717, 1.165) is 11.1 Å². The molecular weight excluding hydrogens is 346 g/mol. The SMILES string of the molecule is COC(=O)[C@@H]1O[C@H]2O[C@H]1[C@@H](Cc1ccccc1)N(Cc1ccccc1)C2=O. The third-order valence-electron chi connectivity index (χ3n) is 5.03. The number of carbonyl (C=O) groups excluding carboxylic acids is 2. The maximum atomic E-state index is 13.0. The van der Waals surface area contributed by atoms with Crippen LogP contribution in [0, 0.1) is 0 Å². The summed E-state index contributed by atoms with van der Waals surface area (Å²) in [7, 11) is 1.31. The molecule has 2 fully saturated rings. The lowest BCUT2D eigenvalue weighted by Gasteiger charge is -2.39. The van der Waals surface area contributed by atoms with Gasteiger partial charge in [0.1, 0.15) is 6.10 Å². The summed E-state index contributed by atoms with van der Waals surface area (Å²) in [6.07, 6.45) is -1.97. The van der Waals surface area contributed by atoms with Gasteiger partial charge in [-0.3, -0.25) is 4.79 Å². The van der Waals surface area contributed by atoms with Crippen LogP contribution >= 0.6 is 0 Å². The zero-order chi connectivity index (χ0) is 18.8. The van der Waals surface area contributed by atoms with Crippen LogP contribution in [-0.2, 0) is 36.8 Å². The number of carbonyl (C=O) groups is 2. The first kappa shape index (κ1) is 17.7. The first-order valence-electron chi connectivity index (χ1n) is 8.94. The van der Waals surface area contributed by atoms with Gasteiger partial charge in [0.15, 0.2) is 6.10 Å². The van der Waals surface area contributed by atoms with Gasteiger partial charge in [-0.1, -0.05) is 60.7 Å². The Morgan fingerprint density at radius 2 is 1.63 bits per heavy atom. The van der Waals surface area contributed by atoms with Crippen LogP contribution in [0.2, 0.25) is 0 Å². The maximum absolute atomic E-state index is 13.0. The molecule has 2 bridgehead atoms. The molecular formula is C21H21NO5. The number of hydrogen-bond donors (Lipinski definition) is 0. The van der Waals surface area contributed by atoms with E-state index in [2.05, 4.69) is 0 Å². The standard InChI is InChI=1S/C21H21NO5/c1-25-20(24)18-17-16(12-14-8-4-2-5-9-14)22(19(23)21(26-17)27-18)13-15-10-6-3-7-11-15/h2-11,16-18,21H,12-13H2,1H3/t16-,17+,18-,21-/m1/s1. The fraction of sp³-hybridized carbons (Fsp3) is 0.333. The summed E-state index contributed by atoms with van der Waals surface area (Å²) in [5.74, 6) is -0.780. The minimum Gasteiger partial charge on any atom is -0.467 e. The zero-order valence-corrected chi connectivity index (χ0v) is 15.0. The van der Waals surface area contributed by atoms with Gasteiger partial charge in [-0.05, 0) is 17.5 Å². The van der Waals surface area contributed by atoms with Crippen molar-refractivity contribution in [3.63, 3.8) is 0 Å². The molecule has 4 atom stereocenters. The van der Waals surface area contributed by atoms with Gasteiger partial charge in [-0.2, -0.15) is 0 Å². The number of esters is 1. The van der Waals surface area contributed by atoms with Crippen molar-refractivity contribution in [3.05, 3.63) is 71.8 Å². The minimum absolute atomic E-state index is 0.262. The van der Waals surface area contributed by atoms with Gasteiger partial charge < -0.3 is 19.1 Å². The van der Waals surface area contributed by atoms with Crippen molar-refractivity contribution in [1.82, 2.24) is 4.90 Å². The number of nitrogens with zero attached hydrogens (tertiary/aromatic N) is 1. The summed E-state index contributed by atoms with van der Waals surface area (Å²) in [5.41, 5.74) is 2.07. The molecule has 0 aliphatic carbocycles. The lowest BCUT2D eigenvalue weighted by Crippen LogP contribution is -2.57. The van der Waals surface area contributed by atoms with Crippen LogP contribution in [0.4, 0.5) is 0 Å². The molecule has 0 saturated carbocycles. The normalized spacial score (nSPS) is 26.9. The first-order chi connectivity index (χ1) is 13.2. The van der Waals surface area contributed by atoms with Crippen molar-refractivity contribution in [2.45, 2.75) is 37.5 Å². The molecule has 2 aliphatic heterocycles. The van der Waals surface area contributed by atoms with Gasteiger partial charge >= 0.3 is 5.97 Å². The van der Waals surface area contributed by atoms with Crippen molar-refractivity contribution < 1.29 is 23.8 Å². The van der Waals surface area contributed by atoms with Crippen LogP contribution < -0.4 is 0 Å². The zero-order valence-electron chi connectivity index (χ0n) is 15.0. The molecule has 0 unspecified atom stereocenters. The molecule has 4 rings (SSSR count). The van der Waals surface area contributed by atoms with Crippen molar-refractivity contribution in [3.8, 4) is 0 Å². The number of benzene rings is 2. The molecule has 6 nitrogen and oxygen atoms in total. The molecule has 0 spiro atoms. The van der Waals surface area contributed by atoms with E-state index in [1.54, 1.807) is 4.90 Å². The highest BCUT2D eigenvalue weighted by atomic mass is 16.8. The second-order valence-corrected chi connectivity index (χ2v) is 6.72. The van der Waals surface area contributed by atoms with Crippen LogP contribution in [0.25, 0.3) is 0 Å². The fourth-order valence-corrected chi connectivity index (χ4v) is 3.70. The second kappa shape index (κ2) is 7.50. The van der Waals surface area contributed by atoms with Crippen LogP contribution in [-0.4, -0.2) is 48.4 Å². The first-order valence-corrected chi connectivity index (χ1v) is 8.94. The third kappa shape index (κ3) is 3.46. The smallest absolute Gasteiger partial charge is 0.337 e. The summed E-state index contributed by atoms with van der Waals surface area (Å²) in [6, 6.07) is 19.3. The molecule has 2 heterocycles. The molecule has 2 saturated heterocycles. The summed E-state index contributed by atoms with van der Waals surface area (Å²) in [5, 5.41) is 0. The van der Waals surface area contributed by atoms with Crippen LogP contribution in [0.15, 0.2) is 60.7 Å². The van der Waals surface area contributed by atoms with Gasteiger partial charge in [0, 0.05) is 6.54 Å². The summed E-state index contributed by atoms with van der Waals surface area (Å²) < 4.78 is 16.2. The Morgan fingerprint density at radius 3 is 2.26 bits per heavy atom. The summed E-state index contributed by atoms with van der Waals surface area (Å²) in [4.78, 5) is 26.9. The lowest BCUT2D eigenvalue weighted by molar-refractivity contribution is -0.179. The van der Waals surface area contributed by atoms with Crippen LogP contribution in [0.1, 0.15) is 11.1 Å². The largest absolute Gasteiger partial charge is 0.467 e.